The van der Waals surface area contributed by atoms with Crippen LogP contribution in [0, 0.1) is 0 Å². The summed E-state index contributed by atoms with van der Waals surface area (Å²) < 4.78 is 23.2. The second-order valence-electron chi connectivity index (χ2n) is 3.64. The van der Waals surface area contributed by atoms with Gasteiger partial charge in [0.2, 0.25) is 0 Å². The van der Waals surface area contributed by atoms with Crippen LogP contribution in [0.3, 0.4) is 0 Å². The van der Waals surface area contributed by atoms with Gasteiger partial charge in [-0.2, -0.15) is 0 Å². The van der Waals surface area contributed by atoms with E-state index in [4.69, 9.17) is 28.3 Å². The molecule has 1 rings (SSSR count). The van der Waals surface area contributed by atoms with Crippen LogP contribution in [0.2, 0.25) is 10.0 Å². The maximum absolute atomic E-state index is 11.6. The Bertz CT molecular complexity index is 469. The largest absolute Gasteiger partial charge is 0.392 e. The molecule has 0 saturated carbocycles. The van der Waals surface area contributed by atoms with Gasteiger partial charge in [0.15, 0.2) is 9.84 Å². The van der Waals surface area contributed by atoms with Crippen LogP contribution in [-0.4, -0.2) is 25.4 Å². The molecule has 1 aromatic carbocycles. The molecule has 16 heavy (non-hydrogen) atoms. The summed E-state index contributed by atoms with van der Waals surface area (Å²) >= 11 is 11.6. The third-order valence-electron chi connectivity index (χ3n) is 1.88. The number of aliphatic hydroxyl groups is 1. The fourth-order valence-electron chi connectivity index (χ4n) is 1.32. The van der Waals surface area contributed by atoms with Gasteiger partial charge in [0, 0.05) is 10.0 Å². The van der Waals surface area contributed by atoms with Crippen LogP contribution in [0.4, 0.5) is 0 Å². The summed E-state index contributed by atoms with van der Waals surface area (Å²) in [5.74, 6) is -0.493. The molecule has 3 nitrogen and oxygen atoms in total. The molecule has 0 aromatic heterocycles. The molecule has 0 radical (unpaired) electrons. The van der Waals surface area contributed by atoms with Crippen molar-refractivity contribution in [2.24, 2.45) is 0 Å². The minimum absolute atomic E-state index is 0.211. The number of sulfone groups is 1. The molecular weight excluding hydrogens is 271 g/mol. The Labute approximate surface area is 105 Å². The maximum Gasteiger partial charge on any atom is 0.157 e. The molecule has 6 heteroatoms. The van der Waals surface area contributed by atoms with Crippen LogP contribution < -0.4 is 0 Å². The molecule has 1 aromatic rings. The molecule has 0 aliphatic heterocycles. The van der Waals surface area contributed by atoms with Gasteiger partial charge in [-0.3, -0.25) is 0 Å². The Morgan fingerprint density at radius 1 is 1.38 bits per heavy atom. The molecule has 1 unspecified atom stereocenters. The van der Waals surface area contributed by atoms with Crippen molar-refractivity contribution in [1.29, 1.82) is 0 Å². The van der Waals surface area contributed by atoms with Crippen molar-refractivity contribution < 1.29 is 13.5 Å². The fourth-order valence-corrected chi connectivity index (χ4v) is 3.34. The highest BCUT2D eigenvalue weighted by Crippen LogP contribution is 2.22. The molecule has 0 aliphatic rings. The van der Waals surface area contributed by atoms with Crippen molar-refractivity contribution >= 4 is 33.0 Å². The maximum atomic E-state index is 11.6. The highest BCUT2D eigenvalue weighted by atomic mass is 35.5. The van der Waals surface area contributed by atoms with E-state index in [9.17, 15) is 8.42 Å². The number of rotatable bonds is 4. The van der Waals surface area contributed by atoms with Crippen LogP contribution in [-0.2, 0) is 15.6 Å². The van der Waals surface area contributed by atoms with Gasteiger partial charge in [0.25, 0.3) is 0 Å². The number of hydrogen-bond donors (Lipinski definition) is 1. The van der Waals surface area contributed by atoms with Crippen molar-refractivity contribution in [1.82, 2.24) is 0 Å². The summed E-state index contributed by atoms with van der Waals surface area (Å²) in [7, 11) is -3.37. The second kappa shape index (κ2) is 5.36. The van der Waals surface area contributed by atoms with Gasteiger partial charge in [0.1, 0.15) is 0 Å². The number of hydrogen-bond acceptors (Lipinski definition) is 3. The monoisotopic (exact) mass is 282 g/mol. The third kappa shape index (κ3) is 4.29. The highest BCUT2D eigenvalue weighted by molar-refractivity contribution is 7.90. The quantitative estimate of drug-likeness (QED) is 0.922. The lowest BCUT2D eigenvalue weighted by Gasteiger charge is -2.08. The summed E-state index contributed by atoms with van der Waals surface area (Å²) in [5, 5.41) is 9.85. The van der Waals surface area contributed by atoms with Crippen molar-refractivity contribution in [3.8, 4) is 0 Å². The van der Waals surface area contributed by atoms with Crippen LogP contribution in [0.1, 0.15) is 12.5 Å². The first-order chi connectivity index (χ1) is 7.30. The molecule has 0 bridgehead atoms. The van der Waals surface area contributed by atoms with Crippen molar-refractivity contribution in [3.63, 3.8) is 0 Å². The zero-order valence-corrected chi connectivity index (χ0v) is 11.0. The first-order valence-electron chi connectivity index (χ1n) is 4.62. The van der Waals surface area contributed by atoms with Gasteiger partial charge < -0.3 is 5.11 Å². The molecule has 1 N–H and O–H groups in total. The van der Waals surface area contributed by atoms with Crippen LogP contribution >= 0.6 is 23.2 Å². The lowest BCUT2D eigenvalue weighted by molar-refractivity contribution is 0.218. The van der Waals surface area contributed by atoms with E-state index >= 15 is 0 Å². The average molecular weight is 283 g/mol. The average Bonchev–Trinajstić information content (AvgIpc) is 2.08. The van der Waals surface area contributed by atoms with Gasteiger partial charge >= 0.3 is 0 Å². The van der Waals surface area contributed by atoms with Gasteiger partial charge in [-0.05, 0) is 30.7 Å². The summed E-state index contributed by atoms with van der Waals surface area (Å²) in [6.45, 7) is 1.43. The molecule has 0 fully saturated rings. The van der Waals surface area contributed by atoms with E-state index < -0.39 is 15.9 Å². The van der Waals surface area contributed by atoms with Crippen molar-refractivity contribution in [2.45, 2.75) is 18.8 Å². The molecule has 0 spiro atoms. The normalized spacial score (nSPS) is 13.8. The SMILES string of the molecule is CC(O)CS(=O)(=O)Cc1cc(Cl)ccc1Cl. The Kier molecular flexibility index (Phi) is 4.62. The predicted molar refractivity (Wildman–Crippen MR) is 65.6 cm³/mol. The van der Waals surface area contributed by atoms with Crippen LogP contribution in [0.15, 0.2) is 18.2 Å². The minimum atomic E-state index is -3.37. The van der Waals surface area contributed by atoms with E-state index in [1.165, 1.54) is 13.0 Å². The first kappa shape index (κ1) is 13.8. The van der Waals surface area contributed by atoms with Gasteiger partial charge in [-0.1, -0.05) is 23.2 Å². The summed E-state index contributed by atoms with van der Waals surface area (Å²) in [5.41, 5.74) is 0.454. The van der Waals surface area contributed by atoms with E-state index in [2.05, 4.69) is 0 Å². The highest BCUT2D eigenvalue weighted by Gasteiger charge is 2.17. The Morgan fingerprint density at radius 2 is 2.00 bits per heavy atom. The van der Waals surface area contributed by atoms with E-state index in [0.29, 0.717) is 15.6 Å². The van der Waals surface area contributed by atoms with Crippen LogP contribution in [0.5, 0.6) is 0 Å². The minimum Gasteiger partial charge on any atom is -0.392 e. The topological polar surface area (TPSA) is 54.4 Å². The van der Waals surface area contributed by atoms with Gasteiger partial charge in [-0.15, -0.1) is 0 Å². The number of benzene rings is 1. The van der Waals surface area contributed by atoms with E-state index in [0.717, 1.165) is 0 Å². The lowest BCUT2D eigenvalue weighted by atomic mass is 10.2. The third-order valence-corrected chi connectivity index (χ3v) is 4.22. The molecule has 0 saturated heterocycles. The second-order valence-corrected chi connectivity index (χ2v) is 6.59. The van der Waals surface area contributed by atoms with E-state index in [1.54, 1.807) is 12.1 Å². The standard InChI is InChI=1S/C10H12Cl2O3S/c1-7(13)5-16(14,15)6-8-4-9(11)2-3-10(8)12/h2-4,7,13H,5-6H2,1H3. The zero-order valence-electron chi connectivity index (χ0n) is 8.65. The molecule has 0 aliphatic carbocycles. The molecular formula is C10H12Cl2O3S. The Hall–Kier alpha value is -0.290. The smallest absolute Gasteiger partial charge is 0.157 e. The Balaban J connectivity index is 2.92. The lowest BCUT2D eigenvalue weighted by Crippen LogP contribution is -2.19. The molecule has 1 atom stereocenters. The van der Waals surface area contributed by atoms with Crippen molar-refractivity contribution in [2.75, 3.05) is 5.75 Å². The zero-order chi connectivity index (χ0) is 12.3. The number of halogens is 2. The Morgan fingerprint density at radius 3 is 2.56 bits per heavy atom. The molecule has 0 amide bonds. The first-order valence-corrected chi connectivity index (χ1v) is 7.20. The summed E-state index contributed by atoms with van der Waals surface area (Å²) in [6, 6.07) is 4.66. The van der Waals surface area contributed by atoms with E-state index in [1.807, 2.05) is 0 Å². The van der Waals surface area contributed by atoms with Gasteiger partial charge in [-0.25, -0.2) is 8.42 Å². The molecule has 0 heterocycles. The van der Waals surface area contributed by atoms with E-state index in [-0.39, 0.29) is 11.5 Å². The number of aliphatic hydroxyl groups excluding tert-OH is 1. The van der Waals surface area contributed by atoms with Crippen molar-refractivity contribution in [3.05, 3.63) is 33.8 Å². The summed E-state index contributed by atoms with van der Waals surface area (Å²) in [4.78, 5) is 0. The fraction of sp³-hybridized carbons (Fsp3) is 0.400. The predicted octanol–water partition coefficient (Wildman–Crippen LogP) is 2.29. The van der Waals surface area contributed by atoms with Gasteiger partial charge in [0.05, 0.1) is 17.6 Å². The summed E-state index contributed by atoms with van der Waals surface area (Å²) in [6.07, 6.45) is -0.886. The van der Waals surface area contributed by atoms with Crippen LogP contribution in [0.25, 0.3) is 0 Å². The molecule has 90 valence electrons.